The first-order chi connectivity index (χ1) is 12.0. The van der Waals surface area contributed by atoms with E-state index in [4.69, 9.17) is 11.6 Å². The molecule has 0 saturated heterocycles. The molecule has 0 saturated carbocycles. The minimum atomic E-state index is -0.339. The predicted octanol–water partition coefficient (Wildman–Crippen LogP) is 4.74. The quantitative estimate of drug-likeness (QED) is 0.711. The van der Waals surface area contributed by atoms with E-state index in [-0.39, 0.29) is 11.6 Å². The molecule has 5 nitrogen and oxygen atoms in total. The summed E-state index contributed by atoms with van der Waals surface area (Å²) in [7, 11) is 0. The third-order valence-electron chi connectivity index (χ3n) is 3.64. The molecule has 1 heterocycles. The number of hydrogen-bond acceptors (Lipinski definition) is 4. The predicted molar refractivity (Wildman–Crippen MR) is 101 cm³/mol. The summed E-state index contributed by atoms with van der Waals surface area (Å²) in [4.78, 5) is 20.6. The maximum Gasteiger partial charge on any atom is 0.275 e. The van der Waals surface area contributed by atoms with Gasteiger partial charge in [-0.2, -0.15) is 0 Å². The molecule has 0 unspecified atom stereocenters. The topological polar surface area (TPSA) is 66.9 Å². The molecule has 0 radical (unpaired) electrons. The molecule has 2 N–H and O–H groups in total. The minimum Gasteiger partial charge on any atom is -0.339 e. The van der Waals surface area contributed by atoms with E-state index in [1.165, 1.54) is 18.0 Å². The molecule has 3 rings (SSSR count). The maximum absolute atomic E-state index is 12.2. The van der Waals surface area contributed by atoms with E-state index >= 15 is 0 Å². The molecule has 1 aromatic heterocycles. The van der Waals surface area contributed by atoms with Gasteiger partial charge in [0.05, 0.1) is 12.4 Å². The van der Waals surface area contributed by atoms with Crippen molar-refractivity contribution >= 4 is 34.7 Å². The summed E-state index contributed by atoms with van der Waals surface area (Å²) in [6.07, 6.45) is 2.96. The molecule has 0 bridgehead atoms. The van der Waals surface area contributed by atoms with Gasteiger partial charge in [0.25, 0.3) is 5.91 Å². The second-order valence-electron chi connectivity index (χ2n) is 5.70. The van der Waals surface area contributed by atoms with Gasteiger partial charge in [-0.1, -0.05) is 35.4 Å². The maximum atomic E-state index is 12.2. The van der Waals surface area contributed by atoms with E-state index in [1.54, 1.807) is 12.1 Å². The first-order valence-corrected chi connectivity index (χ1v) is 8.12. The molecule has 25 heavy (non-hydrogen) atoms. The van der Waals surface area contributed by atoms with E-state index in [0.29, 0.717) is 16.5 Å². The molecule has 0 aliphatic rings. The van der Waals surface area contributed by atoms with E-state index in [9.17, 15) is 4.79 Å². The van der Waals surface area contributed by atoms with Crippen molar-refractivity contribution in [1.29, 1.82) is 0 Å². The summed E-state index contributed by atoms with van der Waals surface area (Å²) < 4.78 is 0. The highest BCUT2D eigenvalue weighted by atomic mass is 35.5. The van der Waals surface area contributed by atoms with Crippen molar-refractivity contribution in [2.24, 2.45) is 0 Å². The molecule has 0 atom stereocenters. The summed E-state index contributed by atoms with van der Waals surface area (Å²) in [5.74, 6) is 0.230. The average Bonchev–Trinajstić information content (AvgIpc) is 2.61. The molecule has 0 aliphatic carbocycles. The Hall–Kier alpha value is -2.92. The van der Waals surface area contributed by atoms with Crippen LogP contribution in [0.25, 0.3) is 0 Å². The summed E-state index contributed by atoms with van der Waals surface area (Å²) >= 11 is 6.06. The van der Waals surface area contributed by atoms with Crippen LogP contribution < -0.4 is 10.6 Å². The first kappa shape index (κ1) is 16.9. The lowest BCUT2D eigenvalue weighted by molar-refractivity contribution is 0.102. The van der Waals surface area contributed by atoms with Crippen molar-refractivity contribution in [3.8, 4) is 0 Å². The molecule has 0 aliphatic heterocycles. The fourth-order valence-corrected chi connectivity index (χ4v) is 2.34. The van der Waals surface area contributed by atoms with Gasteiger partial charge in [0.2, 0.25) is 0 Å². The summed E-state index contributed by atoms with van der Waals surface area (Å²) in [6, 6.07) is 13.3. The number of nitrogens with one attached hydrogen (secondary N) is 2. The van der Waals surface area contributed by atoms with Gasteiger partial charge < -0.3 is 10.6 Å². The number of aromatic nitrogens is 2. The smallest absolute Gasteiger partial charge is 0.275 e. The Kier molecular flexibility index (Phi) is 4.95. The molecule has 6 heteroatoms. The second kappa shape index (κ2) is 7.32. The highest BCUT2D eigenvalue weighted by Crippen LogP contribution is 2.20. The average molecular weight is 353 g/mol. The van der Waals surface area contributed by atoms with Crippen LogP contribution in [0.1, 0.15) is 21.6 Å². The van der Waals surface area contributed by atoms with E-state index in [0.717, 1.165) is 11.3 Å². The van der Waals surface area contributed by atoms with Gasteiger partial charge in [0.15, 0.2) is 0 Å². The molecule has 0 spiro atoms. The number of nitrogens with zero attached hydrogens (tertiary/aromatic N) is 2. The zero-order valence-corrected chi connectivity index (χ0v) is 14.6. The van der Waals surface area contributed by atoms with Gasteiger partial charge in [0, 0.05) is 16.4 Å². The molecular formula is C19H17ClN4O. The largest absolute Gasteiger partial charge is 0.339 e. The molecule has 3 aromatic rings. The third kappa shape index (κ3) is 4.33. The van der Waals surface area contributed by atoms with Crippen molar-refractivity contribution in [3.63, 3.8) is 0 Å². The van der Waals surface area contributed by atoms with E-state index < -0.39 is 0 Å². The lowest BCUT2D eigenvalue weighted by Crippen LogP contribution is -2.14. The van der Waals surface area contributed by atoms with Crippen LogP contribution in [0, 0.1) is 13.8 Å². The number of rotatable bonds is 4. The van der Waals surface area contributed by atoms with Gasteiger partial charge in [-0.05, 0) is 43.7 Å². The Morgan fingerprint density at radius 2 is 1.68 bits per heavy atom. The standard InChI is InChI=1S/C19H17ClN4O/c1-12-3-6-14(7-4-12)23-18-11-21-17(10-22-18)19(25)24-15-8-5-13(2)16(20)9-15/h3-11H,1-2H3,(H,22,23)(H,24,25). The lowest BCUT2D eigenvalue weighted by atomic mass is 10.2. The van der Waals surface area contributed by atoms with Gasteiger partial charge in [-0.3, -0.25) is 4.79 Å². The van der Waals surface area contributed by atoms with E-state index in [1.807, 2.05) is 44.2 Å². The van der Waals surface area contributed by atoms with E-state index in [2.05, 4.69) is 20.6 Å². The minimum absolute atomic E-state index is 0.228. The number of hydrogen-bond donors (Lipinski definition) is 2. The molecule has 0 fully saturated rings. The Bertz CT molecular complexity index is 892. The van der Waals surface area contributed by atoms with Gasteiger partial charge >= 0.3 is 0 Å². The van der Waals surface area contributed by atoms with Crippen LogP contribution in [0.3, 0.4) is 0 Å². The number of benzene rings is 2. The number of aryl methyl sites for hydroxylation is 2. The van der Waals surface area contributed by atoms with Crippen molar-refractivity contribution in [2.45, 2.75) is 13.8 Å². The summed E-state index contributed by atoms with van der Waals surface area (Å²) in [5.41, 5.74) is 3.88. The van der Waals surface area contributed by atoms with Crippen LogP contribution in [0.15, 0.2) is 54.9 Å². The number of carbonyl (C=O) groups excluding carboxylic acids is 1. The number of anilines is 3. The highest BCUT2D eigenvalue weighted by Gasteiger charge is 2.09. The van der Waals surface area contributed by atoms with Crippen LogP contribution >= 0.6 is 11.6 Å². The molecule has 126 valence electrons. The Morgan fingerprint density at radius 3 is 2.32 bits per heavy atom. The summed E-state index contributed by atoms with van der Waals surface area (Å²) in [5, 5.41) is 6.49. The lowest BCUT2D eigenvalue weighted by Gasteiger charge is -2.08. The van der Waals surface area contributed by atoms with Crippen molar-refractivity contribution in [3.05, 3.63) is 76.7 Å². The van der Waals surface area contributed by atoms with Crippen LogP contribution in [0.5, 0.6) is 0 Å². The fraction of sp³-hybridized carbons (Fsp3) is 0.105. The van der Waals surface area contributed by atoms with Gasteiger partial charge in [-0.15, -0.1) is 0 Å². The third-order valence-corrected chi connectivity index (χ3v) is 4.05. The van der Waals surface area contributed by atoms with Crippen LogP contribution in [-0.4, -0.2) is 15.9 Å². The number of amides is 1. The monoisotopic (exact) mass is 352 g/mol. The van der Waals surface area contributed by atoms with Gasteiger partial charge in [0.1, 0.15) is 11.5 Å². The molecule has 2 aromatic carbocycles. The Balaban J connectivity index is 1.67. The van der Waals surface area contributed by atoms with Crippen LogP contribution in [-0.2, 0) is 0 Å². The molecular weight excluding hydrogens is 336 g/mol. The summed E-state index contributed by atoms with van der Waals surface area (Å²) in [6.45, 7) is 3.93. The zero-order valence-electron chi connectivity index (χ0n) is 13.9. The van der Waals surface area contributed by atoms with Crippen molar-refractivity contribution in [2.75, 3.05) is 10.6 Å². The Morgan fingerprint density at radius 1 is 0.960 bits per heavy atom. The normalized spacial score (nSPS) is 10.4. The van der Waals surface area contributed by atoms with Crippen LogP contribution in [0.4, 0.5) is 17.2 Å². The fourth-order valence-electron chi connectivity index (χ4n) is 2.16. The van der Waals surface area contributed by atoms with Crippen molar-refractivity contribution < 1.29 is 4.79 Å². The Labute approximate surface area is 151 Å². The zero-order chi connectivity index (χ0) is 17.8. The first-order valence-electron chi connectivity index (χ1n) is 7.74. The molecule has 1 amide bonds. The second-order valence-corrected chi connectivity index (χ2v) is 6.10. The van der Waals surface area contributed by atoms with Crippen molar-refractivity contribution in [1.82, 2.24) is 9.97 Å². The van der Waals surface area contributed by atoms with Gasteiger partial charge in [-0.25, -0.2) is 9.97 Å². The number of halogens is 1. The highest BCUT2D eigenvalue weighted by molar-refractivity contribution is 6.31. The number of carbonyl (C=O) groups is 1. The SMILES string of the molecule is Cc1ccc(Nc2cnc(C(=O)Nc3ccc(C)c(Cl)c3)cn2)cc1. The van der Waals surface area contributed by atoms with Crippen LogP contribution in [0.2, 0.25) is 5.02 Å².